The molecule has 0 aromatic heterocycles. The van der Waals surface area contributed by atoms with Crippen molar-refractivity contribution in [3.8, 4) is 17.2 Å². The standard InChI is InChI=1S/C25H26N2O6S/c1-34(29,30)27(20-11-13-21(14-12-20)31-17-19-7-3-2-4-8-19)16-25(28)26-15-22-18-32-23-9-5-6-10-24(23)33-22/h2-14,22H,15-18H2,1H3,(H,26,28)/t22-/m0/s1. The number of carbonyl (C=O) groups is 1. The second kappa shape index (κ2) is 10.5. The molecule has 0 fully saturated rings. The number of anilines is 1. The average Bonchev–Trinajstić information content (AvgIpc) is 2.85. The van der Waals surface area contributed by atoms with E-state index in [0.717, 1.165) is 16.1 Å². The van der Waals surface area contributed by atoms with Crippen LogP contribution in [0.4, 0.5) is 5.69 Å². The molecule has 8 nitrogen and oxygen atoms in total. The van der Waals surface area contributed by atoms with Gasteiger partial charge in [0.25, 0.3) is 0 Å². The monoisotopic (exact) mass is 482 g/mol. The van der Waals surface area contributed by atoms with Crippen molar-refractivity contribution in [3.05, 3.63) is 84.4 Å². The van der Waals surface area contributed by atoms with Crippen LogP contribution in [0.1, 0.15) is 5.56 Å². The molecule has 0 aliphatic carbocycles. The van der Waals surface area contributed by atoms with Crippen molar-refractivity contribution in [1.82, 2.24) is 5.32 Å². The number of amides is 1. The molecule has 0 saturated heterocycles. The molecule has 4 rings (SSSR count). The molecule has 1 amide bonds. The molecule has 3 aromatic carbocycles. The fourth-order valence-corrected chi connectivity index (χ4v) is 4.28. The Hall–Kier alpha value is -3.72. The first-order valence-corrected chi connectivity index (χ1v) is 12.6. The second-order valence-electron chi connectivity index (χ2n) is 7.84. The van der Waals surface area contributed by atoms with Crippen LogP contribution in [0.2, 0.25) is 0 Å². The molecule has 34 heavy (non-hydrogen) atoms. The second-order valence-corrected chi connectivity index (χ2v) is 9.75. The van der Waals surface area contributed by atoms with E-state index in [1.165, 1.54) is 0 Å². The summed E-state index contributed by atoms with van der Waals surface area (Å²) in [6.07, 6.45) is 0.696. The van der Waals surface area contributed by atoms with E-state index in [2.05, 4.69) is 5.32 Å². The van der Waals surface area contributed by atoms with Crippen molar-refractivity contribution >= 4 is 21.6 Å². The van der Waals surface area contributed by atoms with Gasteiger partial charge in [-0.05, 0) is 42.0 Å². The van der Waals surface area contributed by atoms with Crippen LogP contribution < -0.4 is 23.8 Å². The van der Waals surface area contributed by atoms with E-state index in [-0.39, 0.29) is 25.8 Å². The van der Waals surface area contributed by atoms with Gasteiger partial charge in [-0.1, -0.05) is 42.5 Å². The molecule has 1 aliphatic rings. The zero-order valence-electron chi connectivity index (χ0n) is 18.7. The highest BCUT2D eigenvalue weighted by Gasteiger charge is 2.24. The molecule has 1 atom stereocenters. The molecule has 0 saturated carbocycles. The normalized spacial score (nSPS) is 14.8. The zero-order valence-corrected chi connectivity index (χ0v) is 19.5. The van der Waals surface area contributed by atoms with E-state index in [1.807, 2.05) is 48.5 Å². The first-order valence-electron chi connectivity index (χ1n) is 10.8. The van der Waals surface area contributed by atoms with Crippen LogP contribution in [0, 0.1) is 0 Å². The topological polar surface area (TPSA) is 94.2 Å². The number of nitrogens with zero attached hydrogens (tertiary/aromatic N) is 1. The number of benzene rings is 3. The summed E-state index contributed by atoms with van der Waals surface area (Å²) < 4.78 is 43.0. The third-order valence-corrected chi connectivity index (χ3v) is 6.30. The summed E-state index contributed by atoms with van der Waals surface area (Å²) in [4.78, 5) is 12.5. The van der Waals surface area contributed by atoms with Gasteiger partial charge in [-0.25, -0.2) is 8.42 Å². The minimum Gasteiger partial charge on any atom is -0.489 e. The minimum atomic E-state index is -3.69. The number of nitrogens with one attached hydrogen (secondary N) is 1. The van der Waals surface area contributed by atoms with Gasteiger partial charge in [0.1, 0.15) is 31.6 Å². The van der Waals surface area contributed by atoms with E-state index in [1.54, 1.807) is 30.3 Å². The van der Waals surface area contributed by atoms with Crippen LogP contribution >= 0.6 is 0 Å². The van der Waals surface area contributed by atoms with Crippen molar-refractivity contribution < 1.29 is 27.4 Å². The highest BCUT2D eigenvalue weighted by molar-refractivity contribution is 7.92. The van der Waals surface area contributed by atoms with Gasteiger partial charge in [-0.3, -0.25) is 9.10 Å². The van der Waals surface area contributed by atoms with E-state index in [0.29, 0.717) is 29.5 Å². The molecule has 0 spiro atoms. The summed E-state index contributed by atoms with van der Waals surface area (Å²) >= 11 is 0. The van der Waals surface area contributed by atoms with Gasteiger partial charge in [-0.2, -0.15) is 0 Å². The van der Waals surface area contributed by atoms with Crippen molar-refractivity contribution in [2.75, 3.05) is 30.3 Å². The molecule has 1 heterocycles. The summed E-state index contributed by atoms with van der Waals surface area (Å²) in [5.74, 6) is 1.42. The fraction of sp³-hybridized carbons (Fsp3) is 0.240. The molecule has 3 aromatic rings. The number of rotatable bonds is 9. The number of para-hydroxylation sites is 2. The molecular formula is C25H26N2O6S. The first kappa shape index (κ1) is 23.4. The summed E-state index contributed by atoms with van der Waals surface area (Å²) in [6, 6.07) is 23.6. The Morgan fingerprint density at radius 1 is 1.00 bits per heavy atom. The Balaban J connectivity index is 1.33. The van der Waals surface area contributed by atoms with Crippen LogP contribution in [0.15, 0.2) is 78.9 Å². The van der Waals surface area contributed by atoms with Crippen LogP contribution in [0.25, 0.3) is 0 Å². The molecule has 0 unspecified atom stereocenters. The quantitative estimate of drug-likeness (QED) is 0.504. The van der Waals surface area contributed by atoms with Crippen molar-refractivity contribution in [3.63, 3.8) is 0 Å². The number of hydrogen-bond acceptors (Lipinski definition) is 6. The van der Waals surface area contributed by atoms with E-state index in [9.17, 15) is 13.2 Å². The molecule has 1 aliphatic heterocycles. The highest BCUT2D eigenvalue weighted by atomic mass is 32.2. The Morgan fingerprint density at radius 3 is 2.38 bits per heavy atom. The van der Waals surface area contributed by atoms with Crippen molar-refractivity contribution in [2.45, 2.75) is 12.7 Å². The molecule has 0 bridgehead atoms. The van der Waals surface area contributed by atoms with E-state index < -0.39 is 15.9 Å². The Bertz CT molecular complexity index is 1220. The van der Waals surface area contributed by atoms with Crippen LogP contribution in [-0.2, 0) is 21.4 Å². The lowest BCUT2D eigenvalue weighted by Crippen LogP contribution is -2.45. The predicted octanol–water partition coefficient (Wildman–Crippen LogP) is 2.99. The summed E-state index contributed by atoms with van der Waals surface area (Å²) in [7, 11) is -3.69. The molecule has 0 radical (unpaired) electrons. The third-order valence-electron chi connectivity index (χ3n) is 5.16. The maximum Gasteiger partial charge on any atom is 0.240 e. The zero-order chi connectivity index (χ0) is 24.0. The maximum atomic E-state index is 12.5. The van der Waals surface area contributed by atoms with Gasteiger partial charge >= 0.3 is 0 Å². The lowest BCUT2D eigenvalue weighted by Gasteiger charge is -2.27. The lowest BCUT2D eigenvalue weighted by molar-refractivity contribution is -0.120. The van der Waals surface area contributed by atoms with E-state index >= 15 is 0 Å². The van der Waals surface area contributed by atoms with Crippen LogP contribution in [-0.4, -0.2) is 46.4 Å². The number of fused-ring (bicyclic) bond motifs is 1. The predicted molar refractivity (Wildman–Crippen MR) is 129 cm³/mol. The number of sulfonamides is 1. The van der Waals surface area contributed by atoms with Gasteiger partial charge < -0.3 is 19.5 Å². The van der Waals surface area contributed by atoms with E-state index in [4.69, 9.17) is 14.2 Å². The van der Waals surface area contributed by atoms with Gasteiger partial charge in [0, 0.05) is 0 Å². The first-order chi connectivity index (χ1) is 16.4. The smallest absolute Gasteiger partial charge is 0.240 e. The van der Waals surface area contributed by atoms with Gasteiger partial charge in [0.2, 0.25) is 15.9 Å². The van der Waals surface area contributed by atoms with Crippen molar-refractivity contribution in [1.29, 1.82) is 0 Å². The minimum absolute atomic E-state index is 0.192. The molecule has 178 valence electrons. The number of carbonyl (C=O) groups excluding carboxylic acids is 1. The Kier molecular flexibility index (Phi) is 7.22. The SMILES string of the molecule is CS(=O)(=O)N(CC(=O)NC[C@H]1COc2ccccc2O1)c1ccc(OCc2ccccc2)cc1. The molecule has 1 N–H and O–H groups in total. The number of ether oxygens (including phenoxy) is 3. The van der Waals surface area contributed by atoms with Gasteiger partial charge in [0.05, 0.1) is 18.5 Å². The summed E-state index contributed by atoms with van der Waals surface area (Å²) in [6.45, 7) is 0.525. The fourth-order valence-electron chi connectivity index (χ4n) is 3.43. The van der Waals surface area contributed by atoms with Crippen molar-refractivity contribution in [2.24, 2.45) is 0 Å². The van der Waals surface area contributed by atoms with Gasteiger partial charge in [0.15, 0.2) is 11.5 Å². The summed E-state index contributed by atoms with van der Waals surface area (Å²) in [5.41, 5.74) is 1.40. The molecular weight excluding hydrogens is 456 g/mol. The maximum absolute atomic E-state index is 12.5. The average molecular weight is 483 g/mol. The Labute approximate surface area is 199 Å². The van der Waals surface area contributed by atoms with Gasteiger partial charge in [-0.15, -0.1) is 0 Å². The highest BCUT2D eigenvalue weighted by Crippen LogP contribution is 2.30. The third kappa shape index (κ3) is 6.20. The van der Waals surface area contributed by atoms with Crippen LogP contribution in [0.5, 0.6) is 17.2 Å². The molecule has 9 heteroatoms. The lowest BCUT2D eigenvalue weighted by atomic mass is 10.2. The summed E-state index contributed by atoms with van der Waals surface area (Å²) in [5, 5.41) is 2.73. The number of hydrogen-bond donors (Lipinski definition) is 1. The Morgan fingerprint density at radius 2 is 1.68 bits per heavy atom. The largest absolute Gasteiger partial charge is 0.489 e. The van der Waals surface area contributed by atoms with Crippen LogP contribution in [0.3, 0.4) is 0 Å².